The van der Waals surface area contributed by atoms with Crippen molar-refractivity contribution in [1.29, 1.82) is 0 Å². The number of nitrogens with one attached hydrogen (secondary N) is 1. The fourth-order valence-corrected chi connectivity index (χ4v) is 5.07. The standard InChI is InChI=1S/C19H23N3O7S2/c1-2-29-17-8-5-15(13-18(17)31(26,27)22-9-11-28-12-10-22)21-19(23)14-3-6-16(7-4-14)30(20,24)25/h3-8,13H,2,9-12H2,1H3,(H,21,23)(H2,20,24,25). The molecule has 1 aliphatic rings. The van der Waals surface area contributed by atoms with Crippen LogP contribution in [0.1, 0.15) is 17.3 Å². The zero-order chi connectivity index (χ0) is 22.6. The molecule has 168 valence electrons. The van der Waals surface area contributed by atoms with Gasteiger partial charge in [0.15, 0.2) is 0 Å². The molecule has 1 fully saturated rings. The summed E-state index contributed by atoms with van der Waals surface area (Å²) in [6.45, 7) is 3.06. The average molecular weight is 470 g/mol. The van der Waals surface area contributed by atoms with Gasteiger partial charge in [-0.05, 0) is 49.4 Å². The number of amides is 1. The topological polar surface area (TPSA) is 145 Å². The number of hydrogen-bond acceptors (Lipinski definition) is 7. The molecule has 0 aromatic heterocycles. The summed E-state index contributed by atoms with van der Waals surface area (Å²) in [5.74, 6) is -0.357. The maximum Gasteiger partial charge on any atom is 0.255 e. The van der Waals surface area contributed by atoms with Crippen LogP contribution < -0.4 is 15.2 Å². The number of carbonyl (C=O) groups excluding carboxylic acids is 1. The number of primary sulfonamides is 1. The maximum absolute atomic E-state index is 13.1. The van der Waals surface area contributed by atoms with Crippen molar-refractivity contribution in [3.63, 3.8) is 0 Å². The molecule has 2 aromatic rings. The van der Waals surface area contributed by atoms with Gasteiger partial charge < -0.3 is 14.8 Å². The van der Waals surface area contributed by atoms with Crippen LogP contribution in [-0.2, 0) is 24.8 Å². The molecule has 0 unspecified atom stereocenters. The van der Waals surface area contributed by atoms with E-state index in [-0.39, 0.29) is 46.5 Å². The van der Waals surface area contributed by atoms with Gasteiger partial charge in [-0.3, -0.25) is 4.79 Å². The zero-order valence-electron chi connectivity index (χ0n) is 16.8. The third-order valence-electron chi connectivity index (χ3n) is 4.53. The highest BCUT2D eigenvalue weighted by Crippen LogP contribution is 2.30. The number of sulfonamides is 2. The summed E-state index contributed by atoms with van der Waals surface area (Å²) in [6, 6.07) is 9.42. The fourth-order valence-electron chi connectivity index (χ4n) is 2.99. The Morgan fingerprint density at radius 1 is 1.10 bits per heavy atom. The summed E-state index contributed by atoms with van der Waals surface area (Å²) >= 11 is 0. The summed E-state index contributed by atoms with van der Waals surface area (Å²) in [7, 11) is -7.74. The Hall–Kier alpha value is -2.51. The molecule has 1 aliphatic heterocycles. The van der Waals surface area contributed by atoms with Gasteiger partial charge in [-0.1, -0.05) is 0 Å². The SMILES string of the molecule is CCOc1ccc(NC(=O)c2ccc(S(N)(=O)=O)cc2)cc1S(=O)(=O)N1CCOCC1. The molecule has 0 spiro atoms. The summed E-state index contributed by atoms with van der Waals surface area (Å²) in [4.78, 5) is 12.4. The minimum atomic E-state index is -3.87. The van der Waals surface area contributed by atoms with Gasteiger partial charge in [0, 0.05) is 24.3 Å². The largest absolute Gasteiger partial charge is 0.492 e. The lowest BCUT2D eigenvalue weighted by atomic mass is 10.2. The van der Waals surface area contributed by atoms with E-state index >= 15 is 0 Å². The number of anilines is 1. The second-order valence-corrected chi connectivity index (χ2v) is 10.1. The smallest absolute Gasteiger partial charge is 0.255 e. The van der Waals surface area contributed by atoms with Crippen molar-refractivity contribution < 1.29 is 31.1 Å². The van der Waals surface area contributed by atoms with Crippen LogP contribution in [0.25, 0.3) is 0 Å². The monoisotopic (exact) mass is 469 g/mol. The summed E-state index contributed by atoms with van der Waals surface area (Å²) in [5.41, 5.74) is 0.426. The van der Waals surface area contributed by atoms with Gasteiger partial charge in [-0.25, -0.2) is 22.0 Å². The first-order valence-corrected chi connectivity index (χ1v) is 12.4. The number of ether oxygens (including phenoxy) is 2. The number of carbonyl (C=O) groups is 1. The van der Waals surface area contributed by atoms with E-state index in [0.717, 1.165) is 0 Å². The molecular weight excluding hydrogens is 446 g/mol. The van der Waals surface area contributed by atoms with Crippen molar-refractivity contribution in [1.82, 2.24) is 4.31 Å². The fraction of sp³-hybridized carbons (Fsp3) is 0.316. The van der Waals surface area contributed by atoms with Crippen LogP contribution in [0.4, 0.5) is 5.69 Å². The third-order valence-corrected chi connectivity index (χ3v) is 7.38. The van der Waals surface area contributed by atoms with Crippen molar-refractivity contribution in [2.24, 2.45) is 5.14 Å². The van der Waals surface area contributed by atoms with Crippen LogP contribution in [0.15, 0.2) is 52.3 Å². The van der Waals surface area contributed by atoms with Crippen LogP contribution >= 0.6 is 0 Å². The van der Waals surface area contributed by atoms with E-state index < -0.39 is 26.0 Å². The van der Waals surface area contributed by atoms with E-state index in [2.05, 4.69) is 5.32 Å². The average Bonchev–Trinajstić information content (AvgIpc) is 2.75. The van der Waals surface area contributed by atoms with Gasteiger partial charge in [-0.15, -0.1) is 0 Å². The molecule has 3 rings (SSSR count). The minimum absolute atomic E-state index is 0.0568. The first-order valence-electron chi connectivity index (χ1n) is 9.42. The van der Waals surface area contributed by atoms with E-state index in [4.69, 9.17) is 14.6 Å². The molecule has 10 nitrogen and oxygen atoms in total. The zero-order valence-corrected chi connectivity index (χ0v) is 18.4. The van der Waals surface area contributed by atoms with E-state index in [1.54, 1.807) is 6.92 Å². The quantitative estimate of drug-likeness (QED) is 0.615. The first kappa shape index (κ1) is 23.2. The predicted molar refractivity (Wildman–Crippen MR) is 113 cm³/mol. The predicted octanol–water partition coefficient (Wildman–Crippen LogP) is 1.01. The summed E-state index contributed by atoms with van der Waals surface area (Å²) in [5, 5.41) is 7.67. The molecule has 1 heterocycles. The number of benzene rings is 2. The lowest BCUT2D eigenvalue weighted by Crippen LogP contribution is -2.40. The third kappa shape index (κ3) is 5.40. The molecule has 0 saturated carbocycles. The molecular formula is C19H23N3O7S2. The highest BCUT2D eigenvalue weighted by molar-refractivity contribution is 7.89. The van der Waals surface area contributed by atoms with E-state index in [1.807, 2.05) is 0 Å². The number of nitrogens with two attached hydrogens (primary N) is 1. The number of rotatable bonds is 7. The summed E-state index contributed by atoms with van der Waals surface area (Å²) < 4.78 is 61.0. The first-order chi connectivity index (χ1) is 14.6. The molecule has 1 saturated heterocycles. The van der Waals surface area contributed by atoms with Crippen LogP contribution in [0.3, 0.4) is 0 Å². The highest BCUT2D eigenvalue weighted by Gasteiger charge is 2.30. The molecule has 1 amide bonds. The van der Waals surface area contributed by atoms with Gasteiger partial charge >= 0.3 is 0 Å². The van der Waals surface area contributed by atoms with E-state index in [0.29, 0.717) is 13.2 Å². The van der Waals surface area contributed by atoms with Gasteiger partial charge in [0.1, 0.15) is 10.6 Å². The molecule has 0 radical (unpaired) electrons. The lowest BCUT2D eigenvalue weighted by molar-refractivity contribution is 0.0729. The Kier molecular flexibility index (Phi) is 6.96. The lowest BCUT2D eigenvalue weighted by Gasteiger charge is -2.27. The Morgan fingerprint density at radius 3 is 2.32 bits per heavy atom. The van der Waals surface area contributed by atoms with Crippen molar-refractivity contribution in [2.75, 3.05) is 38.2 Å². The molecule has 0 aliphatic carbocycles. The molecule has 31 heavy (non-hydrogen) atoms. The number of hydrogen-bond donors (Lipinski definition) is 2. The Labute approximate surface area is 181 Å². The van der Waals surface area contributed by atoms with Crippen LogP contribution in [0.5, 0.6) is 5.75 Å². The Morgan fingerprint density at radius 2 is 1.74 bits per heavy atom. The number of nitrogens with zero attached hydrogens (tertiary/aromatic N) is 1. The van der Waals surface area contributed by atoms with Crippen LogP contribution in [-0.4, -0.2) is 60.0 Å². The van der Waals surface area contributed by atoms with Crippen LogP contribution in [0.2, 0.25) is 0 Å². The van der Waals surface area contributed by atoms with Crippen molar-refractivity contribution in [3.05, 3.63) is 48.0 Å². The molecule has 0 bridgehead atoms. The van der Waals surface area contributed by atoms with Crippen LogP contribution in [0, 0.1) is 0 Å². The van der Waals surface area contributed by atoms with E-state index in [1.165, 1.54) is 46.8 Å². The van der Waals surface area contributed by atoms with Crippen molar-refractivity contribution in [2.45, 2.75) is 16.7 Å². The molecule has 12 heteroatoms. The normalized spacial score (nSPS) is 15.4. The second kappa shape index (κ2) is 9.32. The van der Waals surface area contributed by atoms with Gasteiger partial charge in [-0.2, -0.15) is 4.31 Å². The van der Waals surface area contributed by atoms with Gasteiger partial charge in [0.2, 0.25) is 20.0 Å². The Bertz CT molecular complexity index is 1160. The number of morpholine rings is 1. The Balaban J connectivity index is 1.88. The second-order valence-electron chi connectivity index (χ2n) is 6.63. The van der Waals surface area contributed by atoms with Gasteiger partial charge in [0.25, 0.3) is 5.91 Å². The minimum Gasteiger partial charge on any atom is -0.492 e. The van der Waals surface area contributed by atoms with Gasteiger partial charge in [0.05, 0.1) is 24.7 Å². The molecule has 2 aromatic carbocycles. The molecule has 3 N–H and O–H groups in total. The summed E-state index contributed by atoms with van der Waals surface area (Å²) in [6.07, 6.45) is 0. The van der Waals surface area contributed by atoms with Crippen molar-refractivity contribution >= 4 is 31.6 Å². The van der Waals surface area contributed by atoms with Crippen molar-refractivity contribution in [3.8, 4) is 5.75 Å². The molecule has 0 atom stereocenters. The maximum atomic E-state index is 13.1. The van der Waals surface area contributed by atoms with E-state index in [9.17, 15) is 21.6 Å². The highest BCUT2D eigenvalue weighted by atomic mass is 32.2.